The van der Waals surface area contributed by atoms with Gasteiger partial charge in [0.2, 0.25) is 0 Å². The summed E-state index contributed by atoms with van der Waals surface area (Å²) in [6.45, 7) is 0.417. The molecule has 2 aromatic carbocycles. The highest BCUT2D eigenvalue weighted by molar-refractivity contribution is 5.94. The Bertz CT molecular complexity index is 653. The predicted octanol–water partition coefficient (Wildman–Crippen LogP) is 3.77. The minimum absolute atomic E-state index is 0.125. The van der Waals surface area contributed by atoms with Gasteiger partial charge in [0.1, 0.15) is 0 Å². The number of benzene rings is 2. The van der Waals surface area contributed by atoms with Crippen LogP contribution >= 0.6 is 0 Å². The molecule has 108 valence electrons. The zero-order valence-corrected chi connectivity index (χ0v) is 11.4. The molecule has 0 aliphatic heterocycles. The van der Waals surface area contributed by atoms with Crippen molar-refractivity contribution in [3.05, 3.63) is 71.3 Å². The van der Waals surface area contributed by atoms with E-state index in [1.165, 1.54) is 12.1 Å². The van der Waals surface area contributed by atoms with E-state index in [0.717, 1.165) is 24.5 Å². The number of halogens is 2. The predicted molar refractivity (Wildman–Crippen MR) is 75.7 cm³/mol. The first-order chi connectivity index (χ1) is 10.2. The molecule has 21 heavy (non-hydrogen) atoms. The van der Waals surface area contributed by atoms with Crippen molar-refractivity contribution in [2.24, 2.45) is 0 Å². The summed E-state index contributed by atoms with van der Waals surface area (Å²) in [6.07, 6.45) is 1.82. The highest BCUT2D eigenvalue weighted by Gasteiger charge is 2.34. The summed E-state index contributed by atoms with van der Waals surface area (Å²) in [6, 6.07) is 13.4. The van der Waals surface area contributed by atoms with E-state index in [1.54, 1.807) is 4.90 Å². The van der Waals surface area contributed by atoms with Gasteiger partial charge in [-0.25, -0.2) is 8.78 Å². The number of nitrogens with zero attached hydrogens (tertiary/aromatic N) is 1. The van der Waals surface area contributed by atoms with Crippen LogP contribution in [0.1, 0.15) is 28.8 Å². The minimum Gasteiger partial charge on any atom is -0.331 e. The molecule has 0 bridgehead atoms. The Balaban J connectivity index is 1.87. The molecule has 0 saturated heterocycles. The van der Waals surface area contributed by atoms with Crippen LogP contribution in [0.25, 0.3) is 0 Å². The topological polar surface area (TPSA) is 20.3 Å². The van der Waals surface area contributed by atoms with E-state index in [2.05, 4.69) is 0 Å². The van der Waals surface area contributed by atoms with E-state index >= 15 is 0 Å². The molecule has 4 heteroatoms. The van der Waals surface area contributed by atoms with E-state index in [-0.39, 0.29) is 11.6 Å². The van der Waals surface area contributed by atoms with E-state index in [1.807, 2.05) is 30.3 Å². The standard InChI is InChI=1S/C17H15F2NO/c18-15-8-4-7-14(16(15)19)17(21)20(13-9-10-13)11-12-5-2-1-3-6-12/h1-8,13H,9-11H2. The van der Waals surface area contributed by atoms with Crippen LogP contribution in [0, 0.1) is 11.6 Å². The Morgan fingerprint density at radius 2 is 1.76 bits per heavy atom. The molecule has 0 spiro atoms. The lowest BCUT2D eigenvalue weighted by molar-refractivity contribution is 0.0724. The summed E-state index contributed by atoms with van der Waals surface area (Å²) in [7, 11) is 0. The number of amides is 1. The van der Waals surface area contributed by atoms with E-state index in [0.29, 0.717) is 6.54 Å². The van der Waals surface area contributed by atoms with Crippen molar-refractivity contribution in [1.82, 2.24) is 4.90 Å². The lowest BCUT2D eigenvalue weighted by atomic mass is 10.1. The number of carbonyl (C=O) groups excluding carboxylic acids is 1. The second-order valence-corrected chi connectivity index (χ2v) is 5.25. The fourth-order valence-electron chi connectivity index (χ4n) is 2.36. The second kappa shape index (κ2) is 5.64. The lowest BCUT2D eigenvalue weighted by Crippen LogP contribution is -2.33. The van der Waals surface area contributed by atoms with Gasteiger partial charge in [-0.05, 0) is 30.5 Å². The molecule has 0 unspecified atom stereocenters. The highest BCUT2D eigenvalue weighted by Crippen LogP contribution is 2.30. The first-order valence-corrected chi connectivity index (χ1v) is 6.95. The van der Waals surface area contributed by atoms with Gasteiger partial charge in [0, 0.05) is 12.6 Å². The summed E-state index contributed by atoms with van der Waals surface area (Å²) < 4.78 is 27.1. The van der Waals surface area contributed by atoms with Crippen molar-refractivity contribution in [1.29, 1.82) is 0 Å². The molecule has 3 rings (SSSR count). The van der Waals surface area contributed by atoms with Crippen LogP contribution in [0.4, 0.5) is 8.78 Å². The molecule has 1 aliphatic rings. The molecule has 0 heterocycles. The van der Waals surface area contributed by atoms with Crippen LogP contribution in [0.2, 0.25) is 0 Å². The second-order valence-electron chi connectivity index (χ2n) is 5.25. The third-order valence-corrected chi connectivity index (χ3v) is 3.63. The van der Waals surface area contributed by atoms with Gasteiger partial charge in [0.15, 0.2) is 11.6 Å². The van der Waals surface area contributed by atoms with Gasteiger partial charge < -0.3 is 4.90 Å². The Kier molecular flexibility index (Phi) is 3.69. The molecule has 2 nitrogen and oxygen atoms in total. The summed E-state index contributed by atoms with van der Waals surface area (Å²) in [5.41, 5.74) is 0.785. The molecule has 1 saturated carbocycles. The molecule has 0 N–H and O–H groups in total. The lowest BCUT2D eigenvalue weighted by Gasteiger charge is -2.23. The maximum absolute atomic E-state index is 13.8. The van der Waals surface area contributed by atoms with Crippen molar-refractivity contribution >= 4 is 5.91 Å². The first kappa shape index (κ1) is 13.7. The molecular weight excluding hydrogens is 272 g/mol. The smallest absolute Gasteiger partial charge is 0.257 e. The van der Waals surface area contributed by atoms with Gasteiger partial charge in [-0.3, -0.25) is 4.79 Å². The quantitative estimate of drug-likeness (QED) is 0.838. The summed E-state index contributed by atoms with van der Waals surface area (Å²) >= 11 is 0. The largest absolute Gasteiger partial charge is 0.331 e. The van der Waals surface area contributed by atoms with Gasteiger partial charge in [-0.1, -0.05) is 36.4 Å². The first-order valence-electron chi connectivity index (χ1n) is 6.95. The van der Waals surface area contributed by atoms with Gasteiger partial charge >= 0.3 is 0 Å². The summed E-state index contributed by atoms with van der Waals surface area (Å²) in [5.74, 6) is -2.50. The fraction of sp³-hybridized carbons (Fsp3) is 0.235. The normalized spacial score (nSPS) is 14.0. The summed E-state index contributed by atoms with van der Waals surface area (Å²) in [5, 5.41) is 0. The molecule has 1 fully saturated rings. The Morgan fingerprint density at radius 1 is 1.05 bits per heavy atom. The summed E-state index contributed by atoms with van der Waals surface area (Å²) in [4.78, 5) is 14.2. The van der Waals surface area contributed by atoms with Crippen LogP contribution in [0.5, 0.6) is 0 Å². The highest BCUT2D eigenvalue weighted by atomic mass is 19.2. The van der Waals surface area contributed by atoms with Crippen molar-refractivity contribution in [3.8, 4) is 0 Å². The van der Waals surface area contributed by atoms with Crippen LogP contribution in [0.3, 0.4) is 0 Å². The third-order valence-electron chi connectivity index (χ3n) is 3.63. The number of rotatable bonds is 4. The zero-order valence-electron chi connectivity index (χ0n) is 11.4. The molecule has 0 aromatic heterocycles. The van der Waals surface area contributed by atoms with Gasteiger partial charge in [0.05, 0.1) is 5.56 Å². The Morgan fingerprint density at radius 3 is 2.43 bits per heavy atom. The number of hydrogen-bond acceptors (Lipinski definition) is 1. The molecular formula is C17H15F2NO. The van der Waals surface area contributed by atoms with Crippen LogP contribution in [0.15, 0.2) is 48.5 Å². The molecule has 0 radical (unpaired) electrons. The maximum Gasteiger partial charge on any atom is 0.257 e. The van der Waals surface area contributed by atoms with Crippen molar-refractivity contribution in [3.63, 3.8) is 0 Å². The maximum atomic E-state index is 13.8. The average Bonchev–Trinajstić information content (AvgIpc) is 3.33. The fourth-order valence-corrected chi connectivity index (χ4v) is 2.36. The van der Waals surface area contributed by atoms with Gasteiger partial charge in [-0.15, -0.1) is 0 Å². The molecule has 1 aliphatic carbocycles. The van der Waals surface area contributed by atoms with Crippen LogP contribution in [-0.4, -0.2) is 16.8 Å². The molecule has 0 atom stereocenters. The molecule has 2 aromatic rings. The molecule has 1 amide bonds. The van der Waals surface area contributed by atoms with E-state index < -0.39 is 17.5 Å². The van der Waals surface area contributed by atoms with Crippen LogP contribution in [-0.2, 0) is 6.54 Å². The van der Waals surface area contributed by atoms with Crippen LogP contribution < -0.4 is 0 Å². The Labute approximate surface area is 122 Å². The number of carbonyl (C=O) groups is 1. The van der Waals surface area contributed by atoms with Gasteiger partial charge in [0.25, 0.3) is 5.91 Å². The zero-order chi connectivity index (χ0) is 14.8. The van der Waals surface area contributed by atoms with E-state index in [9.17, 15) is 13.6 Å². The SMILES string of the molecule is O=C(c1cccc(F)c1F)N(Cc1ccccc1)C1CC1. The van der Waals surface area contributed by atoms with Crippen molar-refractivity contribution in [2.75, 3.05) is 0 Å². The Hall–Kier alpha value is -2.23. The number of hydrogen-bond donors (Lipinski definition) is 0. The minimum atomic E-state index is -1.07. The average molecular weight is 287 g/mol. The van der Waals surface area contributed by atoms with E-state index in [4.69, 9.17) is 0 Å². The van der Waals surface area contributed by atoms with Crippen molar-refractivity contribution < 1.29 is 13.6 Å². The van der Waals surface area contributed by atoms with Gasteiger partial charge in [-0.2, -0.15) is 0 Å². The third kappa shape index (κ3) is 2.94. The monoisotopic (exact) mass is 287 g/mol. The van der Waals surface area contributed by atoms with Crippen molar-refractivity contribution in [2.45, 2.75) is 25.4 Å².